The third-order valence-corrected chi connectivity index (χ3v) is 3.15. The molecule has 4 nitrogen and oxygen atoms in total. The van der Waals surface area contributed by atoms with E-state index in [4.69, 9.17) is 0 Å². The largest absolute Gasteiger partial charge is 0.419 e. The van der Waals surface area contributed by atoms with Crippen LogP contribution in [0.15, 0.2) is 48.7 Å². The first-order valence-corrected chi connectivity index (χ1v) is 7.34. The van der Waals surface area contributed by atoms with Gasteiger partial charge in [0.25, 0.3) is 0 Å². The number of hydrogen-bond donors (Lipinski definition) is 2. The molecule has 0 saturated heterocycles. The van der Waals surface area contributed by atoms with Crippen LogP contribution in [0.5, 0.6) is 0 Å². The van der Waals surface area contributed by atoms with Crippen LogP contribution >= 0.6 is 0 Å². The Hall–Kier alpha value is -2.90. The van der Waals surface area contributed by atoms with Crippen molar-refractivity contribution in [2.24, 2.45) is 0 Å². The lowest BCUT2D eigenvalue weighted by molar-refractivity contribution is -0.137. The summed E-state index contributed by atoms with van der Waals surface area (Å²) in [7, 11) is 0. The van der Waals surface area contributed by atoms with Crippen LogP contribution in [0.25, 0.3) is 6.08 Å². The van der Waals surface area contributed by atoms with Crippen molar-refractivity contribution in [3.05, 3.63) is 65.6 Å². The van der Waals surface area contributed by atoms with E-state index in [-0.39, 0.29) is 24.5 Å². The number of carbonyl (C=O) groups is 1. The molecule has 1 aromatic carbocycles. The van der Waals surface area contributed by atoms with E-state index < -0.39 is 23.5 Å². The molecule has 2 aromatic rings. The molecule has 0 atom stereocenters. The Labute approximate surface area is 141 Å². The normalized spacial score (nSPS) is 11.5. The van der Waals surface area contributed by atoms with E-state index in [9.17, 15) is 22.4 Å². The predicted octanol–water partition coefficient (Wildman–Crippen LogP) is 3.48. The number of rotatable bonds is 6. The topological polar surface area (TPSA) is 54.0 Å². The molecule has 25 heavy (non-hydrogen) atoms. The number of carbonyl (C=O) groups excluding carboxylic acids is 1. The van der Waals surface area contributed by atoms with E-state index in [1.54, 1.807) is 6.07 Å². The number of aromatic nitrogens is 1. The van der Waals surface area contributed by atoms with Gasteiger partial charge < -0.3 is 10.6 Å². The van der Waals surface area contributed by atoms with Crippen molar-refractivity contribution in [3.63, 3.8) is 0 Å². The van der Waals surface area contributed by atoms with Gasteiger partial charge in [0, 0.05) is 30.9 Å². The molecule has 0 aliphatic rings. The molecule has 1 heterocycles. The van der Waals surface area contributed by atoms with E-state index in [0.717, 1.165) is 12.1 Å². The first-order chi connectivity index (χ1) is 11.9. The van der Waals surface area contributed by atoms with Crippen molar-refractivity contribution < 1.29 is 22.4 Å². The van der Waals surface area contributed by atoms with E-state index in [2.05, 4.69) is 15.6 Å². The minimum atomic E-state index is -4.51. The molecule has 0 fully saturated rings. The zero-order valence-electron chi connectivity index (χ0n) is 13.0. The summed E-state index contributed by atoms with van der Waals surface area (Å²) in [5.74, 6) is -1.24. The molecule has 0 radical (unpaired) electrons. The van der Waals surface area contributed by atoms with E-state index in [1.807, 2.05) is 0 Å². The van der Waals surface area contributed by atoms with Crippen molar-refractivity contribution in [2.75, 3.05) is 18.4 Å². The summed E-state index contributed by atoms with van der Waals surface area (Å²) in [4.78, 5) is 15.3. The number of anilines is 1. The lowest BCUT2D eigenvalue weighted by atomic mass is 10.2. The quantitative estimate of drug-likeness (QED) is 0.475. The van der Waals surface area contributed by atoms with Crippen LogP contribution in [-0.4, -0.2) is 24.0 Å². The molecule has 0 aliphatic heterocycles. The molecular formula is C17H15F4N3O. The number of nitrogens with zero attached hydrogens (tertiary/aromatic N) is 1. The standard InChI is InChI=1S/C17H15F4N3O/c18-14-6-2-1-4-12(14)7-8-15(25)22-10-11-24-16-13(17(19,20)21)5-3-9-23-16/h1-9H,10-11H2,(H,22,25)(H,23,24)/b8-7+. The number of amides is 1. The summed E-state index contributed by atoms with van der Waals surface area (Å²) in [5, 5.41) is 5.01. The minimum Gasteiger partial charge on any atom is -0.368 e. The maximum Gasteiger partial charge on any atom is 0.419 e. The second-order valence-corrected chi connectivity index (χ2v) is 4.97. The fraction of sp³-hybridized carbons (Fsp3) is 0.176. The monoisotopic (exact) mass is 353 g/mol. The number of alkyl halides is 3. The number of pyridine rings is 1. The molecule has 0 aliphatic carbocycles. The molecule has 0 unspecified atom stereocenters. The van der Waals surface area contributed by atoms with E-state index in [1.165, 1.54) is 36.5 Å². The van der Waals surface area contributed by atoms with Crippen LogP contribution in [0.3, 0.4) is 0 Å². The first-order valence-electron chi connectivity index (χ1n) is 7.34. The van der Waals surface area contributed by atoms with E-state index in [0.29, 0.717) is 0 Å². The fourth-order valence-corrected chi connectivity index (χ4v) is 1.98. The van der Waals surface area contributed by atoms with Crippen molar-refractivity contribution in [1.82, 2.24) is 10.3 Å². The zero-order chi connectivity index (χ0) is 18.3. The van der Waals surface area contributed by atoms with Gasteiger partial charge in [0.15, 0.2) is 0 Å². The first kappa shape index (κ1) is 18.4. The molecule has 0 bridgehead atoms. The molecule has 2 rings (SSSR count). The van der Waals surface area contributed by atoms with Crippen LogP contribution in [0.2, 0.25) is 0 Å². The van der Waals surface area contributed by atoms with Crippen molar-refractivity contribution in [1.29, 1.82) is 0 Å². The molecule has 0 saturated carbocycles. The Morgan fingerprint density at radius 1 is 1.12 bits per heavy atom. The second-order valence-electron chi connectivity index (χ2n) is 4.97. The van der Waals surface area contributed by atoms with Gasteiger partial charge in [0.1, 0.15) is 11.6 Å². The van der Waals surface area contributed by atoms with Crippen molar-refractivity contribution >= 4 is 17.8 Å². The van der Waals surface area contributed by atoms with Gasteiger partial charge in [-0.3, -0.25) is 4.79 Å². The number of hydrogen-bond acceptors (Lipinski definition) is 3. The van der Waals surface area contributed by atoms with E-state index >= 15 is 0 Å². The number of halogens is 4. The van der Waals surface area contributed by atoms with Crippen LogP contribution < -0.4 is 10.6 Å². The Kier molecular flexibility index (Phi) is 6.10. The Balaban J connectivity index is 1.82. The maximum atomic E-state index is 13.4. The van der Waals surface area contributed by atoms with Crippen LogP contribution in [-0.2, 0) is 11.0 Å². The zero-order valence-corrected chi connectivity index (χ0v) is 13.0. The summed E-state index contributed by atoms with van der Waals surface area (Å²) in [6.07, 6.45) is -0.797. The summed E-state index contributed by atoms with van der Waals surface area (Å²) < 4.78 is 51.7. The fourth-order valence-electron chi connectivity index (χ4n) is 1.98. The van der Waals surface area contributed by atoms with Gasteiger partial charge in [0.2, 0.25) is 5.91 Å². The SMILES string of the molecule is O=C(/C=C/c1ccccc1F)NCCNc1ncccc1C(F)(F)F. The molecule has 1 aromatic heterocycles. The van der Waals surface area contributed by atoms with Crippen LogP contribution in [0.4, 0.5) is 23.4 Å². The third kappa shape index (κ3) is 5.59. The summed E-state index contributed by atoms with van der Waals surface area (Å²) in [5.41, 5.74) is -0.611. The molecule has 0 spiro atoms. The lowest BCUT2D eigenvalue weighted by Crippen LogP contribution is -2.27. The average Bonchev–Trinajstić information content (AvgIpc) is 2.57. The maximum absolute atomic E-state index is 13.4. The third-order valence-electron chi connectivity index (χ3n) is 3.15. The molecule has 2 N–H and O–H groups in total. The van der Waals surface area contributed by atoms with Crippen LogP contribution in [0.1, 0.15) is 11.1 Å². The van der Waals surface area contributed by atoms with Crippen LogP contribution in [0, 0.1) is 5.82 Å². The van der Waals surface area contributed by atoms with Gasteiger partial charge in [-0.1, -0.05) is 18.2 Å². The summed E-state index contributed by atoms with van der Waals surface area (Å²) in [6.45, 7) is 0.133. The predicted molar refractivity (Wildman–Crippen MR) is 86.2 cm³/mol. The molecule has 132 valence electrons. The smallest absolute Gasteiger partial charge is 0.368 e. The Bertz CT molecular complexity index is 760. The van der Waals surface area contributed by atoms with Gasteiger partial charge in [-0.05, 0) is 24.3 Å². The van der Waals surface area contributed by atoms with Gasteiger partial charge in [-0.15, -0.1) is 0 Å². The second kappa shape index (κ2) is 8.27. The number of nitrogens with one attached hydrogen (secondary N) is 2. The van der Waals surface area contributed by atoms with Gasteiger partial charge in [-0.25, -0.2) is 9.37 Å². The summed E-state index contributed by atoms with van der Waals surface area (Å²) in [6, 6.07) is 8.07. The highest BCUT2D eigenvalue weighted by Gasteiger charge is 2.33. The molecule has 8 heteroatoms. The lowest BCUT2D eigenvalue weighted by Gasteiger charge is -2.13. The van der Waals surface area contributed by atoms with Gasteiger partial charge >= 0.3 is 6.18 Å². The molecular weight excluding hydrogens is 338 g/mol. The van der Waals surface area contributed by atoms with Crippen molar-refractivity contribution in [3.8, 4) is 0 Å². The summed E-state index contributed by atoms with van der Waals surface area (Å²) >= 11 is 0. The van der Waals surface area contributed by atoms with Gasteiger partial charge in [0.05, 0.1) is 5.56 Å². The Morgan fingerprint density at radius 3 is 2.60 bits per heavy atom. The Morgan fingerprint density at radius 2 is 1.88 bits per heavy atom. The average molecular weight is 353 g/mol. The highest BCUT2D eigenvalue weighted by molar-refractivity contribution is 5.91. The van der Waals surface area contributed by atoms with Crippen molar-refractivity contribution in [2.45, 2.75) is 6.18 Å². The van der Waals surface area contributed by atoms with Gasteiger partial charge in [-0.2, -0.15) is 13.2 Å². The highest BCUT2D eigenvalue weighted by atomic mass is 19.4. The molecule has 1 amide bonds. The minimum absolute atomic E-state index is 0.0549. The highest BCUT2D eigenvalue weighted by Crippen LogP contribution is 2.33. The number of benzene rings is 1.